The minimum Gasteiger partial charge on any atom is -0.477 e. The number of pyridine rings is 1. The van der Waals surface area contributed by atoms with Gasteiger partial charge in [-0.25, -0.2) is 9.78 Å². The van der Waals surface area contributed by atoms with Crippen LogP contribution in [0.15, 0.2) is 42.6 Å². The quantitative estimate of drug-likeness (QED) is 0.735. The topological polar surface area (TPSA) is 66.0 Å². The van der Waals surface area contributed by atoms with Gasteiger partial charge in [-0.2, -0.15) is 0 Å². The summed E-state index contributed by atoms with van der Waals surface area (Å²) in [6, 6.07) is 11.6. The van der Waals surface area contributed by atoms with Gasteiger partial charge in [0.25, 0.3) is 0 Å². The highest BCUT2D eigenvalue weighted by atomic mass is 16.4. The summed E-state index contributed by atoms with van der Waals surface area (Å²) in [4.78, 5) is 18.0. The zero-order valence-electron chi connectivity index (χ0n) is 10.3. The van der Waals surface area contributed by atoms with Crippen molar-refractivity contribution in [2.24, 2.45) is 0 Å². The second-order valence-electron chi connectivity index (χ2n) is 4.47. The molecule has 0 amide bonds. The number of H-pyrrole nitrogens is 1. The molecule has 0 spiro atoms. The highest BCUT2D eigenvalue weighted by Crippen LogP contribution is 2.28. The highest BCUT2D eigenvalue weighted by molar-refractivity contribution is 5.99. The highest BCUT2D eigenvalue weighted by Gasteiger charge is 2.11. The summed E-state index contributed by atoms with van der Waals surface area (Å²) in [5, 5.41) is 9.85. The predicted octanol–water partition coefficient (Wildman–Crippen LogP) is 3.24. The number of nitrogens with zero attached hydrogens (tertiary/aromatic N) is 1. The van der Waals surface area contributed by atoms with Gasteiger partial charge in [0.05, 0.1) is 0 Å². The van der Waals surface area contributed by atoms with E-state index in [1.54, 1.807) is 12.3 Å². The number of carboxylic acid groups (broad SMARTS) is 1. The maximum absolute atomic E-state index is 11.0. The Morgan fingerprint density at radius 3 is 2.63 bits per heavy atom. The van der Waals surface area contributed by atoms with E-state index in [9.17, 15) is 4.79 Å². The van der Waals surface area contributed by atoms with Crippen LogP contribution in [0.4, 0.5) is 0 Å². The van der Waals surface area contributed by atoms with Crippen LogP contribution >= 0.6 is 0 Å². The lowest BCUT2D eigenvalue weighted by Gasteiger charge is -2.03. The van der Waals surface area contributed by atoms with Crippen LogP contribution in [0.3, 0.4) is 0 Å². The van der Waals surface area contributed by atoms with Crippen molar-refractivity contribution in [2.75, 3.05) is 0 Å². The summed E-state index contributed by atoms with van der Waals surface area (Å²) in [6.45, 7) is 2.03. The van der Waals surface area contributed by atoms with Crippen molar-refractivity contribution in [1.29, 1.82) is 0 Å². The average molecular weight is 252 g/mol. The zero-order valence-corrected chi connectivity index (χ0v) is 10.3. The molecule has 2 aromatic heterocycles. The minimum atomic E-state index is -0.979. The maximum atomic E-state index is 11.0. The summed E-state index contributed by atoms with van der Waals surface area (Å²) >= 11 is 0. The van der Waals surface area contributed by atoms with Crippen LogP contribution in [0.2, 0.25) is 0 Å². The lowest BCUT2D eigenvalue weighted by molar-refractivity contribution is 0.0691. The Kier molecular flexibility index (Phi) is 2.56. The lowest BCUT2D eigenvalue weighted by atomic mass is 10.0. The summed E-state index contributed by atoms with van der Waals surface area (Å²) in [5.41, 5.74) is 3.97. The fourth-order valence-electron chi connectivity index (χ4n) is 2.13. The molecule has 3 aromatic rings. The third-order valence-corrected chi connectivity index (χ3v) is 3.12. The number of fused-ring (bicyclic) bond motifs is 1. The Morgan fingerprint density at radius 2 is 1.95 bits per heavy atom. The van der Waals surface area contributed by atoms with E-state index in [0.717, 1.165) is 16.5 Å². The van der Waals surface area contributed by atoms with E-state index in [0.29, 0.717) is 5.65 Å². The van der Waals surface area contributed by atoms with Crippen molar-refractivity contribution in [1.82, 2.24) is 9.97 Å². The van der Waals surface area contributed by atoms with Crippen molar-refractivity contribution >= 4 is 17.0 Å². The number of aromatic amines is 1. The van der Waals surface area contributed by atoms with Crippen LogP contribution < -0.4 is 0 Å². The SMILES string of the molecule is Cc1ccc(-c2ccnc3[nH]c(C(=O)O)cc23)cc1. The van der Waals surface area contributed by atoms with Crippen molar-refractivity contribution in [3.63, 3.8) is 0 Å². The molecule has 0 fully saturated rings. The van der Waals surface area contributed by atoms with E-state index in [4.69, 9.17) is 5.11 Å². The van der Waals surface area contributed by atoms with Gasteiger partial charge in [-0.1, -0.05) is 29.8 Å². The van der Waals surface area contributed by atoms with E-state index in [2.05, 4.69) is 9.97 Å². The van der Waals surface area contributed by atoms with Crippen LogP contribution in [0.1, 0.15) is 16.1 Å². The van der Waals surface area contributed by atoms with Crippen LogP contribution in [-0.2, 0) is 0 Å². The number of rotatable bonds is 2. The lowest BCUT2D eigenvalue weighted by Crippen LogP contribution is -1.94. The third kappa shape index (κ3) is 1.97. The number of hydrogen-bond donors (Lipinski definition) is 2. The Morgan fingerprint density at radius 1 is 1.21 bits per heavy atom. The summed E-state index contributed by atoms with van der Waals surface area (Å²) in [5.74, 6) is -0.979. The first-order chi connectivity index (χ1) is 9.15. The first-order valence-electron chi connectivity index (χ1n) is 5.93. The fraction of sp³-hybridized carbons (Fsp3) is 0.0667. The molecule has 19 heavy (non-hydrogen) atoms. The number of aromatic carboxylic acids is 1. The number of aromatic nitrogens is 2. The second-order valence-corrected chi connectivity index (χ2v) is 4.47. The second kappa shape index (κ2) is 4.24. The van der Waals surface area contributed by atoms with Gasteiger partial charge in [0.1, 0.15) is 11.3 Å². The molecule has 0 saturated carbocycles. The molecular formula is C15H12N2O2. The van der Waals surface area contributed by atoms with E-state index in [1.807, 2.05) is 37.3 Å². The molecule has 0 radical (unpaired) electrons. The van der Waals surface area contributed by atoms with Gasteiger partial charge in [0.2, 0.25) is 0 Å². The Hall–Kier alpha value is -2.62. The molecule has 0 unspecified atom stereocenters. The van der Waals surface area contributed by atoms with E-state index in [1.165, 1.54) is 5.56 Å². The Labute approximate surface area is 109 Å². The van der Waals surface area contributed by atoms with E-state index < -0.39 is 5.97 Å². The first-order valence-corrected chi connectivity index (χ1v) is 5.93. The van der Waals surface area contributed by atoms with Crippen LogP contribution in [0.5, 0.6) is 0 Å². The van der Waals surface area contributed by atoms with Gasteiger partial charge in [0.15, 0.2) is 0 Å². The monoisotopic (exact) mass is 252 g/mol. The largest absolute Gasteiger partial charge is 0.477 e. The van der Waals surface area contributed by atoms with Gasteiger partial charge in [-0.3, -0.25) is 0 Å². The molecule has 0 saturated heterocycles. The van der Waals surface area contributed by atoms with Crippen LogP contribution in [0, 0.1) is 6.92 Å². The Balaban J connectivity index is 2.23. The van der Waals surface area contributed by atoms with Crippen molar-refractivity contribution < 1.29 is 9.90 Å². The van der Waals surface area contributed by atoms with Crippen LogP contribution in [-0.4, -0.2) is 21.0 Å². The van der Waals surface area contributed by atoms with Gasteiger partial charge in [-0.15, -0.1) is 0 Å². The molecule has 0 aliphatic heterocycles. The summed E-state index contributed by atoms with van der Waals surface area (Å²) < 4.78 is 0. The molecule has 2 N–H and O–H groups in total. The third-order valence-electron chi connectivity index (χ3n) is 3.12. The van der Waals surface area contributed by atoms with E-state index in [-0.39, 0.29) is 5.69 Å². The number of benzene rings is 1. The predicted molar refractivity (Wildman–Crippen MR) is 73.2 cm³/mol. The smallest absolute Gasteiger partial charge is 0.352 e. The molecular weight excluding hydrogens is 240 g/mol. The number of aryl methyl sites for hydroxylation is 1. The van der Waals surface area contributed by atoms with Gasteiger partial charge < -0.3 is 10.1 Å². The molecule has 94 valence electrons. The summed E-state index contributed by atoms with van der Waals surface area (Å²) in [7, 11) is 0. The number of nitrogens with one attached hydrogen (secondary N) is 1. The molecule has 4 nitrogen and oxygen atoms in total. The zero-order chi connectivity index (χ0) is 13.4. The first kappa shape index (κ1) is 11.5. The number of carbonyl (C=O) groups is 1. The van der Waals surface area contributed by atoms with E-state index >= 15 is 0 Å². The van der Waals surface area contributed by atoms with Gasteiger partial charge in [0, 0.05) is 11.6 Å². The average Bonchev–Trinajstić information content (AvgIpc) is 2.83. The molecule has 0 aliphatic rings. The van der Waals surface area contributed by atoms with Crippen LogP contribution in [0.25, 0.3) is 22.2 Å². The molecule has 0 bridgehead atoms. The fourth-order valence-corrected chi connectivity index (χ4v) is 2.13. The maximum Gasteiger partial charge on any atom is 0.352 e. The normalized spacial score (nSPS) is 10.8. The molecule has 1 aromatic carbocycles. The van der Waals surface area contributed by atoms with Crippen molar-refractivity contribution in [3.8, 4) is 11.1 Å². The Bertz CT molecular complexity index is 757. The standard InChI is InChI=1S/C15H12N2O2/c1-9-2-4-10(5-3-9)11-6-7-16-14-12(11)8-13(17-14)15(18)19/h2-8H,1H3,(H,16,17)(H,18,19). The molecule has 2 heterocycles. The van der Waals surface area contributed by atoms with Gasteiger partial charge in [-0.05, 0) is 30.2 Å². The van der Waals surface area contributed by atoms with Gasteiger partial charge >= 0.3 is 5.97 Å². The van der Waals surface area contributed by atoms with Crippen molar-refractivity contribution in [3.05, 3.63) is 53.9 Å². The number of hydrogen-bond acceptors (Lipinski definition) is 2. The molecule has 0 aliphatic carbocycles. The molecule has 0 atom stereocenters. The summed E-state index contributed by atoms with van der Waals surface area (Å²) in [6.07, 6.45) is 1.68. The minimum absolute atomic E-state index is 0.155. The van der Waals surface area contributed by atoms with Crippen molar-refractivity contribution in [2.45, 2.75) is 6.92 Å². The molecule has 4 heteroatoms. The molecule has 3 rings (SSSR count). The number of carboxylic acids is 1.